The van der Waals surface area contributed by atoms with Gasteiger partial charge in [0.1, 0.15) is 5.75 Å². The Balaban J connectivity index is 1.96. The highest BCUT2D eigenvalue weighted by Crippen LogP contribution is 2.37. The van der Waals surface area contributed by atoms with Crippen LogP contribution in [0.15, 0.2) is 24.3 Å². The van der Waals surface area contributed by atoms with Gasteiger partial charge in [-0.25, -0.2) is 0 Å². The molecule has 20 heavy (non-hydrogen) atoms. The summed E-state index contributed by atoms with van der Waals surface area (Å²) in [5.74, 6) is 0.875. The first-order valence-electron chi connectivity index (χ1n) is 6.75. The van der Waals surface area contributed by atoms with E-state index in [1.54, 1.807) is 18.4 Å². The summed E-state index contributed by atoms with van der Waals surface area (Å²) in [6.07, 6.45) is 0. The lowest BCUT2D eigenvalue weighted by molar-refractivity contribution is 0.00578. The molecule has 1 fully saturated rings. The van der Waals surface area contributed by atoms with Gasteiger partial charge in [-0.1, -0.05) is 0 Å². The smallest absolute Gasteiger partial charge is 0.497 e. The highest BCUT2D eigenvalue weighted by molar-refractivity contribution is 7.28. The first-order chi connectivity index (χ1) is 9.32. The molecule has 0 saturated carbocycles. The molecule has 0 radical (unpaired) electrons. The summed E-state index contributed by atoms with van der Waals surface area (Å²) in [7, 11) is 1.40. The highest BCUT2D eigenvalue weighted by atomic mass is 32.1. The van der Waals surface area contributed by atoms with Crippen LogP contribution in [0.25, 0.3) is 10.1 Å². The van der Waals surface area contributed by atoms with Gasteiger partial charge in [-0.2, -0.15) is 0 Å². The first kappa shape index (κ1) is 13.9. The summed E-state index contributed by atoms with van der Waals surface area (Å²) in [5, 5.41) is 1.19. The van der Waals surface area contributed by atoms with Gasteiger partial charge in [-0.15, -0.1) is 11.3 Å². The number of methoxy groups -OCH3 is 1. The van der Waals surface area contributed by atoms with E-state index in [1.165, 1.54) is 10.1 Å². The minimum absolute atomic E-state index is 0.289. The Labute approximate surface area is 124 Å². The molecule has 0 amide bonds. The number of ether oxygens (including phenoxy) is 1. The second kappa shape index (κ2) is 4.48. The van der Waals surface area contributed by atoms with Gasteiger partial charge in [0.25, 0.3) is 0 Å². The van der Waals surface area contributed by atoms with Crippen LogP contribution in [0.5, 0.6) is 5.75 Å². The van der Waals surface area contributed by atoms with E-state index < -0.39 is 0 Å². The Kier molecular flexibility index (Phi) is 3.12. The Morgan fingerprint density at radius 2 is 1.70 bits per heavy atom. The fourth-order valence-electron chi connectivity index (χ4n) is 2.23. The van der Waals surface area contributed by atoms with Crippen LogP contribution in [0.1, 0.15) is 27.7 Å². The van der Waals surface area contributed by atoms with Crippen molar-refractivity contribution in [2.24, 2.45) is 0 Å². The van der Waals surface area contributed by atoms with Crippen LogP contribution < -0.4 is 9.51 Å². The molecule has 1 aliphatic rings. The third-order valence-corrected chi connectivity index (χ3v) is 5.35. The van der Waals surface area contributed by atoms with Gasteiger partial charge in [0.15, 0.2) is 0 Å². The average molecular weight is 290 g/mol. The quantitative estimate of drug-likeness (QED) is 0.795. The molecule has 0 unspecified atom stereocenters. The van der Waals surface area contributed by atoms with E-state index in [1.807, 2.05) is 6.07 Å². The topological polar surface area (TPSA) is 27.7 Å². The van der Waals surface area contributed by atoms with Crippen molar-refractivity contribution in [3.63, 3.8) is 0 Å². The SMILES string of the molecule is COc1ccc2cc(B3OC(C)(C)C(C)(C)O3)sc2c1. The molecule has 1 saturated heterocycles. The lowest BCUT2D eigenvalue weighted by atomic mass is 9.87. The molecule has 2 aromatic rings. The molecule has 1 aliphatic heterocycles. The number of thiophene rings is 1. The number of rotatable bonds is 2. The maximum Gasteiger partial charge on any atom is 0.505 e. The van der Waals surface area contributed by atoms with Crippen LogP contribution in [-0.2, 0) is 9.31 Å². The Bertz CT molecular complexity index is 632. The summed E-state index contributed by atoms with van der Waals surface area (Å²) in [6, 6.07) is 8.23. The molecule has 2 heterocycles. The second-order valence-corrected chi connectivity index (χ2v) is 7.26. The molecule has 0 aliphatic carbocycles. The monoisotopic (exact) mass is 290 g/mol. The Morgan fingerprint density at radius 1 is 1.05 bits per heavy atom. The fourth-order valence-corrected chi connectivity index (χ4v) is 3.29. The normalized spacial score (nSPS) is 20.6. The third-order valence-electron chi connectivity index (χ3n) is 4.23. The van der Waals surface area contributed by atoms with E-state index in [2.05, 4.69) is 45.9 Å². The van der Waals surface area contributed by atoms with Crippen LogP contribution in [0.2, 0.25) is 0 Å². The number of hydrogen-bond donors (Lipinski definition) is 0. The summed E-state index contributed by atoms with van der Waals surface area (Å²) in [5.41, 5.74) is -0.600. The van der Waals surface area contributed by atoms with Gasteiger partial charge in [-0.05, 0) is 57.3 Å². The minimum atomic E-state index is -0.300. The van der Waals surface area contributed by atoms with Gasteiger partial charge in [-0.3, -0.25) is 0 Å². The first-order valence-corrected chi connectivity index (χ1v) is 7.57. The Morgan fingerprint density at radius 3 is 2.30 bits per heavy atom. The average Bonchev–Trinajstić information content (AvgIpc) is 2.87. The van der Waals surface area contributed by atoms with Gasteiger partial charge >= 0.3 is 7.12 Å². The van der Waals surface area contributed by atoms with Crippen LogP contribution >= 0.6 is 11.3 Å². The minimum Gasteiger partial charge on any atom is -0.497 e. The van der Waals surface area contributed by atoms with Gasteiger partial charge in [0.05, 0.1) is 18.3 Å². The van der Waals surface area contributed by atoms with E-state index in [0.29, 0.717) is 0 Å². The van der Waals surface area contributed by atoms with Gasteiger partial charge < -0.3 is 14.0 Å². The molecule has 5 heteroatoms. The van der Waals surface area contributed by atoms with Crippen molar-refractivity contribution in [1.82, 2.24) is 0 Å². The number of hydrogen-bond acceptors (Lipinski definition) is 4. The zero-order chi connectivity index (χ0) is 14.5. The fraction of sp³-hybridized carbons (Fsp3) is 0.467. The van der Waals surface area contributed by atoms with Crippen LogP contribution in [-0.4, -0.2) is 25.4 Å². The maximum absolute atomic E-state index is 6.09. The lowest BCUT2D eigenvalue weighted by Gasteiger charge is -2.32. The number of benzene rings is 1. The van der Waals surface area contributed by atoms with E-state index >= 15 is 0 Å². The van der Waals surface area contributed by atoms with E-state index in [0.717, 1.165) is 10.5 Å². The van der Waals surface area contributed by atoms with Crippen molar-refractivity contribution in [1.29, 1.82) is 0 Å². The molecule has 0 spiro atoms. The molecule has 3 rings (SSSR count). The summed E-state index contributed by atoms with van der Waals surface area (Å²) in [6.45, 7) is 8.29. The molecule has 1 aromatic carbocycles. The van der Waals surface area contributed by atoms with Crippen molar-refractivity contribution in [2.75, 3.05) is 7.11 Å². The van der Waals surface area contributed by atoms with Crippen LogP contribution in [0, 0.1) is 0 Å². The maximum atomic E-state index is 6.09. The van der Waals surface area contributed by atoms with Gasteiger partial charge in [0.2, 0.25) is 0 Å². The van der Waals surface area contributed by atoms with Crippen molar-refractivity contribution in [2.45, 2.75) is 38.9 Å². The summed E-state index contributed by atoms with van der Waals surface area (Å²) < 4.78 is 19.7. The number of fused-ring (bicyclic) bond motifs is 1. The zero-order valence-corrected chi connectivity index (χ0v) is 13.3. The van der Waals surface area contributed by atoms with Crippen LogP contribution in [0.4, 0.5) is 0 Å². The molecular formula is C15H19BO3S. The lowest BCUT2D eigenvalue weighted by Crippen LogP contribution is -2.41. The van der Waals surface area contributed by atoms with Crippen molar-refractivity contribution < 1.29 is 14.0 Å². The van der Waals surface area contributed by atoms with Crippen molar-refractivity contribution >= 4 is 33.3 Å². The zero-order valence-electron chi connectivity index (χ0n) is 12.5. The standard InChI is InChI=1S/C15H19BO3S/c1-14(2)15(3,4)19-16(18-14)13-8-10-6-7-11(17-5)9-12(10)20-13/h6-9H,1-5H3. The van der Waals surface area contributed by atoms with Gasteiger partial charge in [0, 0.05) is 9.48 Å². The predicted molar refractivity (Wildman–Crippen MR) is 84.1 cm³/mol. The molecule has 0 bridgehead atoms. The molecule has 0 N–H and O–H groups in total. The predicted octanol–water partition coefficient (Wildman–Crippen LogP) is 3.21. The van der Waals surface area contributed by atoms with E-state index in [-0.39, 0.29) is 18.3 Å². The molecule has 1 aromatic heterocycles. The van der Waals surface area contributed by atoms with Crippen molar-refractivity contribution in [3.05, 3.63) is 24.3 Å². The van der Waals surface area contributed by atoms with E-state index in [4.69, 9.17) is 14.0 Å². The molecule has 0 atom stereocenters. The molecule has 106 valence electrons. The van der Waals surface area contributed by atoms with E-state index in [9.17, 15) is 0 Å². The Hall–Kier alpha value is -1.04. The van der Waals surface area contributed by atoms with Crippen LogP contribution in [0.3, 0.4) is 0 Å². The molecule has 3 nitrogen and oxygen atoms in total. The third kappa shape index (κ3) is 2.14. The molecular weight excluding hydrogens is 271 g/mol. The highest BCUT2D eigenvalue weighted by Gasteiger charge is 2.52. The second-order valence-electron chi connectivity index (χ2n) is 6.14. The summed E-state index contributed by atoms with van der Waals surface area (Å²) >= 11 is 1.70. The summed E-state index contributed by atoms with van der Waals surface area (Å²) in [4.78, 5) is 0. The largest absolute Gasteiger partial charge is 0.505 e. The van der Waals surface area contributed by atoms with Crippen molar-refractivity contribution in [3.8, 4) is 5.75 Å².